The van der Waals surface area contributed by atoms with Crippen LogP contribution >= 0.6 is 0 Å². The Labute approximate surface area is 109 Å². The van der Waals surface area contributed by atoms with E-state index in [4.69, 9.17) is 4.74 Å². The van der Waals surface area contributed by atoms with E-state index < -0.39 is 5.60 Å². The first kappa shape index (κ1) is 13.4. The fourth-order valence-corrected chi connectivity index (χ4v) is 2.36. The van der Waals surface area contributed by atoms with Crippen LogP contribution in [0.25, 0.3) is 0 Å². The third-order valence-corrected chi connectivity index (χ3v) is 3.51. The zero-order valence-electron chi connectivity index (χ0n) is 11.5. The fraction of sp³-hybridized carbons (Fsp3) is 0.600. The zero-order valence-corrected chi connectivity index (χ0v) is 11.5. The highest BCUT2D eigenvalue weighted by Gasteiger charge is 2.24. The highest BCUT2D eigenvalue weighted by atomic mass is 16.5. The van der Waals surface area contributed by atoms with Gasteiger partial charge in [0.2, 0.25) is 0 Å². The molecule has 1 heterocycles. The van der Waals surface area contributed by atoms with Crippen LogP contribution in [0, 0.1) is 0 Å². The third kappa shape index (κ3) is 3.24. The largest absolute Gasteiger partial charge is 0.490 e. The minimum atomic E-state index is -0.859. The molecule has 18 heavy (non-hydrogen) atoms. The van der Waals surface area contributed by atoms with Crippen molar-refractivity contribution in [1.29, 1.82) is 0 Å². The molecule has 3 heteroatoms. The van der Waals surface area contributed by atoms with E-state index in [1.807, 2.05) is 24.3 Å². The molecule has 100 valence electrons. The number of benzene rings is 1. The lowest BCUT2D eigenvalue weighted by molar-refractivity contribution is 0.0663. The van der Waals surface area contributed by atoms with Gasteiger partial charge in [-0.05, 0) is 39.8 Å². The van der Waals surface area contributed by atoms with Crippen molar-refractivity contribution in [3.63, 3.8) is 0 Å². The summed E-state index contributed by atoms with van der Waals surface area (Å²) in [5.41, 5.74) is 0.00567. The van der Waals surface area contributed by atoms with Crippen LogP contribution in [0.5, 0.6) is 5.75 Å². The van der Waals surface area contributed by atoms with Crippen LogP contribution in [0.2, 0.25) is 0 Å². The van der Waals surface area contributed by atoms with Gasteiger partial charge in [0.05, 0.1) is 5.60 Å². The van der Waals surface area contributed by atoms with Gasteiger partial charge in [-0.25, -0.2) is 0 Å². The number of likely N-dealkylation sites (tertiary alicyclic amines) is 1. The van der Waals surface area contributed by atoms with Crippen molar-refractivity contribution >= 4 is 0 Å². The van der Waals surface area contributed by atoms with E-state index >= 15 is 0 Å². The van der Waals surface area contributed by atoms with E-state index in [0.717, 1.165) is 37.2 Å². The van der Waals surface area contributed by atoms with Crippen LogP contribution in [0.15, 0.2) is 24.3 Å². The van der Waals surface area contributed by atoms with Gasteiger partial charge >= 0.3 is 0 Å². The second-order valence-corrected chi connectivity index (χ2v) is 5.68. The van der Waals surface area contributed by atoms with Gasteiger partial charge in [0.15, 0.2) is 0 Å². The first-order chi connectivity index (χ1) is 8.47. The van der Waals surface area contributed by atoms with Crippen molar-refractivity contribution in [2.75, 3.05) is 20.1 Å². The van der Waals surface area contributed by atoms with E-state index in [0.29, 0.717) is 0 Å². The monoisotopic (exact) mass is 249 g/mol. The molecule has 0 bridgehead atoms. The highest BCUT2D eigenvalue weighted by Crippen LogP contribution is 2.31. The van der Waals surface area contributed by atoms with Crippen molar-refractivity contribution in [2.24, 2.45) is 0 Å². The molecule has 0 unspecified atom stereocenters. The number of para-hydroxylation sites is 1. The average molecular weight is 249 g/mol. The minimum absolute atomic E-state index is 0.268. The molecule has 2 rings (SSSR count). The lowest BCUT2D eigenvalue weighted by Crippen LogP contribution is -2.36. The van der Waals surface area contributed by atoms with Crippen molar-refractivity contribution in [1.82, 2.24) is 4.90 Å². The van der Waals surface area contributed by atoms with Crippen LogP contribution < -0.4 is 4.74 Å². The summed E-state index contributed by atoms with van der Waals surface area (Å²) in [6.07, 6.45) is 2.37. The minimum Gasteiger partial charge on any atom is -0.490 e. The Morgan fingerprint density at radius 1 is 1.22 bits per heavy atom. The summed E-state index contributed by atoms with van der Waals surface area (Å²) >= 11 is 0. The van der Waals surface area contributed by atoms with Crippen LogP contribution in [0.1, 0.15) is 32.3 Å². The highest BCUT2D eigenvalue weighted by molar-refractivity contribution is 5.37. The number of rotatable bonds is 3. The SMILES string of the molecule is CN1CCC(Oc2ccccc2C(C)(C)O)CC1. The molecule has 0 amide bonds. The van der Waals surface area contributed by atoms with Crippen molar-refractivity contribution < 1.29 is 9.84 Å². The molecule has 0 aliphatic carbocycles. The summed E-state index contributed by atoms with van der Waals surface area (Å²) in [5.74, 6) is 0.819. The maximum atomic E-state index is 10.2. The molecule has 1 aliphatic heterocycles. The smallest absolute Gasteiger partial charge is 0.125 e. The van der Waals surface area contributed by atoms with Crippen LogP contribution in [-0.2, 0) is 5.60 Å². The molecule has 1 fully saturated rings. The second-order valence-electron chi connectivity index (χ2n) is 5.68. The number of piperidine rings is 1. The summed E-state index contributed by atoms with van der Waals surface area (Å²) in [7, 11) is 2.14. The number of hydrogen-bond acceptors (Lipinski definition) is 3. The topological polar surface area (TPSA) is 32.7 Å². The van der Waals surface area contributed by atoms with Gasteiger partial charge in [-0.15, -0.1) is 0 Å². The fourth-order valence-electron chi connectivity index (χ4n) is 2.36. The van der Waals surface area contributed by atoms with Gasteiger partial charge in [0.25, 0.3) is 0 Å². The number of ether oxygens (including phenoxy) is 1. The van der Waals surface area contributed by atoms with Crippen molar-refractivity contribution in [3.05, 3.63) is 29.8 Å². The molecule has 1 saturated heterocycles. The molecule has 0 radical (unpaired) electrons. The van der Waals surface area contributed by atoms with Gasteiger partial charge in [-0.1, -0.05) is 18.2 Å². The molecule has 0 atom stereocenters. The molecule has 0 spiro atoms. The molecule has 0 aromatic heterocycles. The average Bonchev–Trinajstić information content (AvgIpc) is 2.31. The number of hydrogen-bond donors (Lipinski definition) is 1. The van der Waals surface area contributed by atoms with Gasteiger partial charge in [-0.3, -0.25) is 0 Å². The number of aliphatic hydroxyl groups is 1. The van der Waals surface area contributed by atoms with E-state index in [1.54, 1.807) is 13.8 Å². The van der Waals surface area contributed by atoms with Gasteiger partial charge in [0, 0.05) is 18.7 Å². The van der Waals surface area contributed by atoms with Crippen molar-refractivity contribution in [2.45, 2.75) is 38.4 Å². The summed E-state index contributed by atoms with van der Waals surface area (Å²) in [6.45, 7) is 5.75. The normalized spacial score (nSPS) is 18.9. The Morgan fingerprint density at radius 2 is 1.83 bits per heavy atom. The molecule has 1 N–H and O–H groups in total. The molecular formula is C15H23NO2. The predicted octanol–water partition coefficient (Wildman–Crippen LogP) is 2.39. The Morgan fingerprint density at radius 3 is 2.44 bits per heavy atom. The Hall–Kier alpha value is -1.06. The standard InChI is InChI=1S/C15H23NO2/c1-15(2,17)13-6-4-5-7-14(13)18-12-8-10-16(3)11-9-12/h4-7,12,17H,8-11H2,1-3H3. The van der Waals surface area contributed by atoms with E-state index in [9.17, 15) is 5.11 Å². The molecular weight excluding hydrogens is 226 g/mol. The van der Waals surface area contributed by atoms with E-state index in [2.05, 4.69) is 11.9 Å². The van der Waals surface area contributed by atoms with Crippen LogP contribution in [0.4, 0.5) is 0 Å². The summed E-state index contributed by atoms with van der Waals surface area (Å²) in [6, 6.07) is 7.78. The summed E-state index contributed by atoms with van der Waals surface area (Å²) < 4.78 is 6.07. The molecule has 1 aromatic rings. The third-order valence-electron chi connectivity index (χ3n) is 3.51. The summed E-state index contributed by atoms with van der Waals surface area (Å²) in [4.78, 5) is 2.32. The lowest BCUT2D eigenvalue weighted by atomic mass is 9.97. The molecule has 1 aliphatic rings. The van der Waals surface area contributed by atoms with Gasteiger partial charge in [0.1, 0.15) is 11.9 Å². The Bertz CT molecular complexity index is 390. The van der Waals surface area contributed by atoms with E-state index in [-0.39, 0.29) is 6.10 Å². The quantitative estimate of drug-likeness (QED) is 0.893. The Kier molecular flexibility index (Phi) is 3.93. The second kappa shape index (κ2) is 5.29. The summed E-state index contributed by atoms with van der Waals surface area (Å²) in [5, 5.41) is 10.2. The van der Waals surface area contributed by atoms with Crippen LogP contribution in [0.3, 0.4) is 0 Å². The Balaban J connectivity index is 2.10. The predicted molar refractivity (Wildman–Crippen MR) is 72.8 cm³/mol. The zero-order chi connectivity index (χ0) is 13.2. The van der Waals surface area contributed by atoms with Gasteiger partial charge in [-0.2, -0.15) is 0 Å². The first-order valence-electron chi connectivity index (χ1n) is 6.64. The molecule has 1 aromatic carbocycles. The molecule has 3 nitrogen and oxygen atoms in total. The first-order valence-corrected chi connectivity index (χ1v) is 6.64. The lowest BCUT2D eigenvalue weighted by Gasteiger charge is -2.31. The van der Waals surface area contributed by atoms with Crippen LogP contribution in [-0.4, -0.2) is 36.2 Å². The van der Waals surface area contributed by atoms with Gasteiger partial charge < -0.3 is 14.7 Å². The number of nitrogens with zero attached hydrogens (tertiary/aromatic N) is 1. The molecule has 0 saturated carbocycles. The maximum absolute atomic E-state index is 10.2. The maximum Gasteiger partial charge on any atom is 0.125 e. The van der Waals surface area contributed by atoms with Crippen molar-refractivity contribution in [3.8, 4) is 5.75 Å². The van der Waals surface area contributed by atoms with E-state index in [1.165, 1.54) is 0 Å².